The number of pyridine rings is 1. The van der Waals surface area contributed by atoms with Crippen molar-refractivity contribution in [3.05, 3.63) is 66.0 Å². The maximum absolute atomic E-state index is 12.6. The van der Waals surface area contributed by atoms with Gasteiger partial charge in [-0.1, -0.05) is 150 Å². The molecule has 149 heavy (non-hydrogen) atoms. The summed E-state index contributed by atoms with van der Waals surface area (Å²) in [6, 6.07) is 16.0. The highest BCUT2D eigenvalue weighted by molar-refractivity contribution is 5.95. The Labute approximate surface area is 909 Å². The van der Waals surface area contributed by atoms with Crippen LogP contribution in [0.5, 0.6) is 0 Å². The van der Waals surface area contributed by atoms with E-state index >= 15 is 0 Å². The average Bonchev–Trinajstić information content (AvgIpc) is 1.60. The highest BCUT2D eigenvalue weighted by Crippen LogP contribution is 2.56. The van der Waals surface area contributed by atoms with Crippen molar-refractivity contribution < 1.29 is 48.3 Å². The summed E-state index contributed by atoms with van der Waals surface area (Å²) in [5, 5.41) is 40.4. The fourth-order valence-corrected chi connectivity index (χ4v) is 26.0. The second-order valence-electron chi connectivity index (χ2n) is 53.2. The Balaban J connectivity index is 0.000000227. The molecule has 1 aliphatic heterocycles. The van der Waals surface area contributed by atoms with Crippen molar-refractivity contribution >= 4 is 53.4 Å². The smallest absolute Gasteiger partial charge is 0.317 e. The number of carbonyl (C=O) groups is 9. The minimum atomic E-state index is -0.815. The lowest BCUT2D eigenvalue weighted by molar-refractivity contribution is -0.128. The molecule has 13 fully saturated rings. The third-order valence-corrected chi connectivity index (χ3v) is 37.2. The van der Waals surface area contributed by atoms with Crippen LogP contribution in [0.4, 0.5) is 9.59 Å². The third-order valence-electron chi connectivity index (χ3n) is 37.2. The highest BCUT2D eigenvalue weighted by atomic mass is 16.3. The van der Waals surface area contributed by atoms with E-state index in [1.165, 1.54) is 193 Å². The van der Waals surface area contributed by atoms with E-state index in [0.717, 1.165) is 234 Å². The molecule has 0 radical (unpaired) electrons. The van der Waals surface area contributed by atoms with Crippen LogP contribution in [0.1, 0.15) is 489 Å². The zero-order chi connectivity index (χ0) is 110. The van der Waals surface area contributed by atoms with Gasteiger partial charge in [0, 0.05) is 123 Å². The Bertz CT molecular complexity index is 3980. The summed E-state index contributed by atoms with van der Waals surface area (Å²) in [7, 11) is 0. The van der Waals surface area contributed by atoms with Crippen LogP contribution in [0.15, 0.2) is 54.9 Å². The predicted octanol–water partition coefficient (Wildman–Crippen LogP) is 27.2. The van der Waals surface area contributed by atoms with Crippen molar-refractivity contribution in [3.8, 4) is 0 Å². The molecule has 13 aliphatic rings. The van der Waals surface area contributed by atoms with Crippen LogP contribution in [0.25, 0.3) is 0 Å². The first-order chi connectivity index (χ1) is 70.6. The van der Waals surface area contributed by atoms with E-state index in [4.69, 9.17) is 0 Å². The van der Waals surface area contributed by atoms with E-state index in [0.29, 0.717) is 83.3 Å². The van der Waals surface area contributed by atoms with E-state index in [1.54, 1.807) is 39.2 Å². The standard InChI is InChI=1S/C18H31NO.C16H23NO.C15H22N2O.C15H28N2O.C14H27NO2.C13H26N2O.C13H23NO.C12H23NO.C11H21NO/c1-13(2)14-4-6-15(7-5-14)16(20)19-18-10-8-17(3,12-18)9-11-18;1-12(2)13-8-10-15(11-9-13)17-16(18)14-6-4-3-5-7-14;1-11(2)12-5-7-14(8-6-12)17-15(18)13-4-3-9-16-10-13;1-12(2)13-6-8-14(9-7-13)16-15(18)17-10-4-3-5-11-17;1-10(2)11-5-7-12(8-6-11)13(16)15-9-14(3,4)17;1-9(2)11-5-7-12(8-6-11)15-13(16)14-10(3)4;1-9(2)10-3-5-11(6-4-10)13(15)14-12-7-8-12;1-4-13-12(14)11-7-5-10(6-8-11)9(2)3;1-8(2)10-4-6-11(7-5-10)12-9(3)13/h13-15H,4-12H2,1-3H3,(H,19,20);3-7,12-13,15H,8-11H2,1-2H3,(H,17,18);3-4,9-12,14H,5-8H2,1-2H3,(H,17,18);12-14H,3-11H2,1-2H3,(H,16,18);10-12,17H,5-9H2,1-4H3,(H,15,16);9-12H,5-8H2,1-4H3,(H2,14,15,16);9-12H,3-8H2,1-2H3,(H,14,15);9-11H,4-8H2,1-3H3,(H,13,14);8,10-11H,4-7H2,1-3H3,(H,12,13). The van der Waals surface area contributed by atoms with Gasteiger partial charge in [0.2, 0.25) is 29.5 Å². The van der Waals surface area contributed by atoms with Crippen molar-refractivity contribution in [2.75, 3.05) is 26.2 Å². The van der Waals surface area contributed by atoms with Crippen molar-refractivity contribution in [3.63, 3.8) is 0 Å². The average molecular weight is 2080 g/mol. The Hall–Kier alpha value is -6.84. The van der Waals surface area contributed by atoms with Crippen molar-refractivity contribution in [1.82, 2.24) is 63.1 Å². The van der Waals surface area contributed by atoms with Gasteiger partial charge in [-0.25, -0.2) is 9.59 Å². The number of nitrogens with one attached hydrogen (secondary N) is 10. The van der Waals surface area contributed by atoms with Crippen molar-refractivity contribution in [2.45, 2.75) is 522 Å². The highest BCUT2D eigenvalue weighted by Gasteiger charge is 2.53. The van der Waals surface area contributed by atoms with E-state index < -0.39 is 5.60 Å². The lowest BCUT2D eigenvalue weighted by Crippen LogP contribution is -2.48. The third kappa shape index (κ3) is 49.0. The van der Waals surface area contributed by atoms with E-state index in [2.05, 4.69) is 190 Å². The van der Waals surface area contributed by atoms with Gasteiger partial charge < -0.3 is 63.2 Å². The Morgan fingerprint density at radius 1 is 0.356 bits per heavy atom. The summed E-state index contributed by atoms with van der Waals surface area (Å²) >= 11 is 0. The number of aliphatic hydroxyl groups is 1. The molecule has 15 rings (SSSR count). The zero-order valence-electron chi connectivity index (χ0n) is 99.3. The lowest BCUT2D eigenvalue weighted by Gasteiger charge is -2.34. The topological polar surface area (TPSA) is 310 Å². The van der Waals surface area contributed by atoms with E-state index in [9.17, 15) is 48.3 Å². The number of amides is 11. The molecular formula is C127H224N12O10. The number of rotatable bonds is 26. The maximum Gasteiger partial charge on any atom is 0.317 e. The predicted molar refractivity (Wildman–Crippen MR) is 615 cm³/mol. The molecule has 22 heteroatoms. The molecule has 2 heterocycles. The van der Waals surface area contributed by atoms with Crippen LogP contribution in [-0.2, 0) is 24.0 Å². The number of nitrogens with zero attached hydrogens (tertiary/aromatic N) is 2. The SMILES string of the molecule is CC(=O)NC1CCC(C(C)C)CC1.CC(C)C1CCC(C(=O)NC23CCC(C)(CC2)C3)CC1.CC(C)C1CCC(C(=O)NC2CC2)CC1.CC(C)C1CCC(C(=O)NCC(C)(C)O)CC1.CC(C)C1CCC(NC(=O)N2CCCCC2)CC1.CC(C)C1CCC(NC(=O)c2ccccc2)CC1.CC(C)C1CCC(NC(=O)c2cccnc2)CC1.CC(C)NC(=O)NC1CCC(C(C)C)CC1.CCNC(=O)C1CCC(C(C)C)CC1. The van der Waals surface area contributed by atoms with Gasteiger partial charge in [-0.2, -0.15) is 0 Å². The van der Waals surface area contributed by atoms with Gasteiger partial charge in [0.25, 0.3) is 11.8 Å². The molecule has 2 aromatic rings. The number of carbonyl (C=O) groups excluding carboxylic acids is 9. The Morgan fingerprint density at radius 3 is 0.966 bits per heavy atom. The van der Waals surface area contributed by atoms with Crippen LogP contribution in [0.2, 0.25) is 0 Å². The normalized spacial score (nSPS) is 29.3. The van der Waals surface area contributed by atoms with Gasteiger partial charge in [0.15, 0.2) is 0 Å². The minimum Gasteiger partial charge on any atom is -0.389 e. The van der Waals surface area contributed by atoms with Crippen LogP contribution >= 0.6 is 0 Å². The van der Waals surface area contributed by atoms with Gasteiger partial charge in [-0.3, -0.25) is 38.5 Å². The van der Waals surface area contributed by atoms with Crippen LogP contribution in [0, 0.1) is 136 Å². The molecule has 12 aliphatic carbocycles. The van der Waals surface area contributed by atoms with Crippen LogP contribution in [0.3, 0.4) is 0 Å². The summed E-state index contributed by atoms with van der Waals surface area (Å²) in [4.78, 5) is 112. The number of aromatic nitrogens is 1. The minimum absolute atomic E-state index is 0.0103. The summed E-state index contributed by atoms with van der Waals surface area (Å²) in [6.07, 6.45) is 58.1. The quantitative estimate of drug-likeness (QED) is 0.0421. The first-order valence-electron chi connectivity index (χ1n) is 61.5. The number of fused-ring (bicyclic) bond motifs is 2. The largest absolute Gasteiger partial charge is 0.389 e. The Morgan fingerprint density at radius 2 is 0.658 bits per heavy atom. The lowest BCUT2D eigenvalue weighted by atomic mass is 9.76. The van der Waals surface area contributed by atoms with Gasteiger partial charge >= 0.3 is 12.1 Å². The van der Waals surface area contributed by atoms with E-state index in [1.807, 2.05) is 62.1 Å². The molecule has 0 spiro atoms. The van der Waals surface area contributed by atoms with Crippen molar-refractivity contribution in [2.24, 2.45) is 136 Å². The molecule has 2 bridgehead atoms. The molecule has 1 saturated heterocycles. The summed E-state index contributed by atoms with van der Waals surface area (Å²) in [5.74, 6) is 17.0. The van der Waals surface area contributed by atoms with Crippen LogP contribution in [-0.4, -0.2) is 148 Å². The van der Waals surface area contributed by atoms with Gasteiger partial charge in [-0.05, 0) is 466 Å². The fraction of sp³-hybridized carbons (Fsp3) is 0.843. The number of hydrogen-bond acceptors (Lipinski definition) is 11. The molecular weight excluding hydrogens is 1850 g/mol. The molecule has 12 saturated carbocycles. The molecule has 11 N–H and O–H groups in total. The monoisotopic (exact) mass is 2080 g/mol. The number of urea groups is 2. The molecule has 0 unspecified atom stereocenters. The van der Waals surface area contributed by atoms with Gasteiger partial charge in [0.1, 0.15) is 0 Å². The number of piperidine rings is 1. The van der Waals surface area contributed by atoms with Crippen molar-refractivity contribution in [1.29, 1.82) is 0 Å². The molecule has 0 atom stereocenters. The van der Waals surface area contributed by atoms with Crippen LogP contribution < -0.4 is 53.2 Å². The number of hydrogen-bond donors (Lipinski definition) is 11. The molecule has 11 amide bonds. The molecule has 22 nitrogen and oxygen atoms in total. The molecule has 852 valence electrons. The molecule has 1 aromatic carbocycles. The first kappa shape index (κ1) is 129. The first-order valence-corrected chi connectivity index (χ1v) is 61.5. The Kier molecular flexibility index (Phi) is 57.6. The molecule has 1 aromatic heterocycles. The maximum atomic E-state index is 12.6. The fourth-order valence-electron chi connectivity index (χ4n) is 26.0. The van der Waals surface area contributed by atoms with E-state index in [-0.39, 0.29) is 59.1 Å². The summed E-state index contributed by atoms with van der Waals surface area (Å²) in [5.41, 5.74) is 1.32. The zero-order valence-corrected chi connectivity index (χ0v) is 99.3. The number of benzene rings is 1. The summed E-state index contributed by atoms with van der Waals surface area (Å²) in [6.45, 7) is 57.7. The summed E-state index contributed by atoms with van der Waals surface area (Å²) < 4.78 is 0. The van der Waals surface area contributed by atoms with Gasteiger partial charge in [0.05, 0.1) is 11.2 Å². The number of likely N-dealkylation sites (tertiary alicyclic amines) is 1. The second-order valence-corrected chi connectivity index (χ2v) is 53.2. The second kappa shape index (κ2) is 66.5. The van der Waals surface area contributed by atoms with Gasteiger partial charge in [-0.15, -0.1) is 0 Å².